The fourth-order valence-electron chi connectivity index (χ4n) is 5.77. The van der Waals surface area contributed by atoms with Crippen LogP contribution in [-0.2, 0) is 18.4 Å². The number of aryl methyl sites for hydroxylation is 1. The van der Waals surface area contributed by atoms with E-state index in [2.05, 4.69) is 10.6 Å². The van der Waals surface area contributed by atoms with Gasteiger partial charge in [0.1, 0.15) is 5.39 Å². The number of para-hydroxylation sites is 1. The number of methoxy groups -OCH3 is 1. The highest BCUT2D eigenvalue weighted by molar-refractivity contribution is 6.12. The Kier molecular flexibility index (Phi) is 7.24. The molecule has 39 heavy (non-hydrogen) atoms. The van der Waals surface area contributed by atoms with Crippen LogP contribution < -0.4 is 20.9 Å². The number of carbonyl (C=O) groups is 3. The molecule has 1 fully saturated rings. The number of carbonyl (C=O) groups excluding carboxylic acids is 3. The first-order chi connectivity index (χ1) is 18.8. The van der Waals surface area contributed by atoms with Crippen LogP contribution in [-0.4, -0.2) is 45.9 Å². The topological polar surface area (TPSA) is 111 Å². The van der Waals surface area contributed by atoms with Gasteiger partial charge in [0.25, 0.3) is 11.5 Å². The van der Waals surface area contributed by atoms with Crippen LogP contribution in [0.4, 0.5) is 0 Å². The normalized spacial score (nSPS) is 17.2. The Labute approximate surface area is 225 Å². The van der Waals surface area contributed by atoms with Crippen molar-refractivity contribution in [3.05, 3.63) is 76.2 Å². The molecule has 2 N–H and O–H groups in total. The molecule has 1 aliphatic carbocycles. The summed E-state index contributed by atoms with van der Waals surface area (Å²) in [7, 11) is 3.16. The van der Waals surface area contributed by atoms with Gasteiger partial charge >= 0.3 is 0 Å². The maximum Gasteiger partial charge on any atom is 0.272 e. The standard InChI is InChI=1S/C30H32N4O5/c1-18(35)31-21-14-8-9-15-22(21)32-29(37)27-28(39-3)25-26(33(27)2)20-13-7-10-16-23(20)34(30(25)38)17-24(36)19-11-5-4-6-12-19/h4-7,10-13,16,21-22H,8-9,14-15,17H2,1-3H3,(H,31,35)(H,32,37)/t21-,22-/m1/s1. The van der Waals surface area contributed by atoms with Gasteiger partial charge in [0.2, 0.25) is 5.91 Å². The maximum atomic E-state index is 14.0. The number of nitrogens with zero attached hydrogens (tertiary/aromatic N) is 2. The Morgan fingerprint density at radius 1 is 0.949 bits per heavy atom. The summed E-state index contributed by atoms with van der Waals surface area (Å²) in [6.45, 7) is 1.32. The zero-order chi connectivity index (χ0) is 27.7. The molecule has 2 atom stereocenters. The van der Waals surface area contributed by atoms with Crippen molar-refractivity contribution in [3.63, 3.8) is 0 Å². The molecule has 2 amide bonds. The third kappa shape index (κ3) is 4.80. The minimum Gasteiger partial charge on any atom is -0.493 e. The van der Waals surface area contributed by atoms with Crippen LogP contribution in [0.5, 0.6) is 5.75 Å². The minimum atomic E-state index is -0.409. The van der Waals surface area contributed by atoms with Crippen LogP contribution in [0.25, 0.3) is 21.8 Å². The Bertz CT molecular complexity index is 1640. The molecule has 2 aromatic carbocycles. The zero-order valence-electron chi connectivity index (χ0n) is 22.3. The number of ketones is 1. The van der Waals surface area contributed by atoms with Crippen molar-refractivity contribution in [1.29, 1.82) is 0 Å². The van der Waals surface area contributed by atoms with Gasteiger partial charge in [-0.25, -0.2) is 0 Å². The van der Waals surface area contributed by atoms with E-state index in [1.165, 1.54) is 18.6 Å². The van der Waals surface area contributed by atoms with E-state index in [-0.39, 0.29) is 53.1 Å². The van der Waals surface area contributed by atoms with Gasteiger partial charge in [-0.2, -0.15) is 0 Å². The number of hydrogen-bond donors (Lipinski definition) is 2. The predicted octanol–water partition coefficient (Wildman–Crippen LogP) is 3.56. The number of fused-ring (bicyclic) bond motifs is 3. The van der Waals surface area contributed by atoms with Gasteiger partial charge < -0.3 is 19.9 Å². The predicted molar refractivity (Wildman–Crippen MR) is 149 cm³/mol. The van der Waals surface area contributed by atoms with Crippen molar-refractivity contribution < 1.29 is 19.1 Å². The summed E-state index contributed by atoms with van der Waals surface area (Å²) in [6, 6.07) is 15.8. The fourth-order valence-corrected chi connectivity index (χ4v) is 5.77. The first kappa shape index (κ1) is 26.2. The molecule has 0 unspecified atom stereocenters. The molecular weight excluding hydrogens is 496 g/mol. The zero-order valence-corrected chi connectivity index (χ0v) is 22.3. The van der Waals surface area contributed by atoms with E-state index in [4.69, 9.17) is 4.74 Å². The number of hydrogen-bond acceptors (Lipinski definition) is 5. The molecule has 1 aliphatic rings. The van der Waals surface area contributed by atoms with Gasteiger partial charge in [0.05, 0.1) is 24.7 Å². The lowest BCUT2D eigenvalue weighted by Gasteiger charge is -2.32. The number of pyridine rings is 1. The van der Waals surface area contributed by atoms with E-state index in [9.17, 15) is 19.2 Å². The summed E-state index contributed by atoms with van der Waals surface area (Å²) in [5.41, 5.74) is 1.47. The monoisotopic (exact) mass is 528 g/mol. The van der Waals surface area contributed by atoms with Gasteiger partial charge in [-0.3, -0.25) is 23.7 Å². The molecule has 2 aromatic heterocycles. The van der Waals surface area contributed by atoms with Gasteiger partial charge in [0.15, 0.2) is 17.2 Å². The number of benzene rings is 2. The van der Waals surface area contributed by atoms with Gasteiger partial charge in [-0.1, -0.05) is 61.4 Å². The summed E-state index contributed by atoms with van der Waals surface area (Å²) in [4.78, 5) is 52.6. The van der Waals surface area contributed by atoms with Gasteiger partial charge in [-0.05, 0) is 18.9 Å². The summed E-state index contributed by atoms with van der Waals surface area (Å²) in [6.07, 6.45) is 3.43. The van der Waals surface area contributed by atoms with E-state index in [0.29, 0.717) is 16.6 Å². The van der Waals surface area contributed by atoms with Crippen molar-refractivity contribution in [1.82, 2.24) is 19.8 Å². The lowest BCUT2D eigenvalue weighted by Crippen LogP contribution is -2.53. The lowest BCUT2D eigenvalue weighted by atomic mass is 9.90. The quantitative estimate of drug-likeness (QED) is 0.356. The summed E-state index contributed by atoms with van der Waals surface area (Å²) >= 11 is 0. The Morgan fingerprint density at radius 2 is 1.59 bits per heavy atom. The van der Waals surface area contributed by atoms with E-state index in [1.54, 1.807) is 41.9 Å². The van der Waals surface area contributed by atoms with Crippen molar-refractivity contribution in [2.24, 2.45) is 7.05 Å². The second-order valence-corrected chi connectivity index (χ2v) is 10.0. The highest BCUT2D eigenvalue weighted by Gasteiger charge is 2.32. The average molecular weight is 529 g/mol. The average Bonchev–Trinajstić information content (AvgIpc) is 3.24. The van der Waals surface area contributed by atoms with E-state index < -0.39 is 5.56 Å². The van der Waals surface area contributed by atoms with Crippen molar-refractivity contribution >= 4 is 39.4 Å². The summed E-state index contributed by atoms with van der Waals surface area (Å²) < 4.78 is 8.84. The Balaban J connectivity index is 1.63. The van der Waals surface area contributed by atoms with Crippen LogP contribution >= 0.6 is 0 Å². The fraction of sp³-hybridized carbons (Fsp3) is 0.333. The first-order valence-electron chi connectivity index (χ1n) is 13.2. The number of ether oxygens (including phenoxy) is 1. The smallest absolute Gasteiger partial charge is 0.272 e. The molecule has 4 aromatic rings. The molecule has 0 saturated heterocycles. The maximum absolute atomic E-state index is 14.0. The third-order valence-corrected chi connectivity index (χ3v) is 7.55. The SMILES string of the molecule is COc1c(C(=O)N[C@@H]2CCCC[C@H]2NC(C)=O)n(C)c2c1c(=O)n(CC(=O)c1ccccc1)c1ccccc21. The minimum absolute atomic E-state index is 0.139. The van der Waals surface area contributed by atoms with E-state index in [1.807, 2.05) is 24.3 Å². The van der Waals surface area contributed by atoms with Crippen molar-refractivity contribution in [2.45, 2.75) is 51.2 Å². The number of amides is 2. The largest absolute Gasteiger partial charge is 0.493 e. The molecule has 0 aliphatic heterocycles. The van der Waals surface area contributed by atoms with Crippen LogP contribution in [0, 0.1) is 0 Å². The lowest BCUT2D eigenvalue weighted by molar-refractivity contribution is -0.120. The number of Topliss-reactive ketones (excluding diaryl/α,β-unsaturated/α-hetero) is 1. The molecular formula is C30H32N4O5. The highest BCUT2D eigenvalue weighted by atomic mass is 16.5. The molecule has 9 heteroatoms. The number of nitrogens with one attached hydrogen (secondary N) is 2. The van der Waals surface area contributed by atoms with Gasteiger partial charge in [0, 0.05) is 37.0 Å². The third-order valence-electron chi connectivity index (χ3n) is 7.55. The van der Waals surface area contributed by atoms with Crippen LogP contribution in [0.15, 0.2) is 59.4 Å². The van der Waals surface area contributed by atoms with Crippen LogP contribution in [0.3, 0.4) is 0 Å². The van der Waals surface area contributed by atoms with Crippen LogP contribution in [0.2, 0.25) is 0 Å². The molecule has 1 saturated carbocycles. The second-order valence-electron chi connectivity index (χ2n) is 10.0. The Hall–Kier alpha value is -4.40. The molecule has 9 nitrogen and oxygen atoms in total. The summed E-state index contributed by atoms with van der Waals surface area (Å²) in [5.74, 6) is -0.562. The molecule has 0 bridgehead atoms. The Morgan fingerprint density at radius 3 is 2.26 bits per heavy atom. The summed E-state index contributed by atoms with van der Waals surface area (Å²) in [5, 5.41) is 7.01. The molecule has 202 valence electrons. The molecule has 5 rings (SSSR count). The van der Waals surface area contributed by atoms with Crippen molar-refractivity contribution in [3.8, 4) is 5.75 Å². The number of aromatic nitrogens is 2. The number of rotatable bonds is 7. The molecule has 0 spiro atoms. The van der Waals surface area contributed by atoms with Gasteiger partial charge in [-0.15, -0.1) is 0 Å². The van der Waals surface area contributed by atoms with E-state index in [0.717, 1.165) is 31.1 Å². The molecule has 0 radical (unpaired) electrons. The highest BCUT2D eigenvalue weighted by Crippen LogP contribution is 2.35. The van der Waals surface area contributed by atoms with Crippen LogP contribution in [0.1, 0.15) is 53.5 Å². The van der Waals surface area contributed by atoms with Crippen molar-refractivity contribution in [2.75, 3.05) is 7.11 Å². The molecule has 2 heterocycles. The first-order valence-corrected chi connectivity index (χ1v) is 13.2. The van der Waals surface area contributed by atoms with E-state index >= 15 is 0 Å². The second kappa shape index (κ2) is 10.8.